The SMILES string of the molecule is CCCC[C@H](NC=O)C(=O)N[C@@H](CC(C)C)C(=O)N[C@@H](Cc1ccccc1)C(=O)N[C@@H](CCCC)C(=O)N[C@@H](Cc1ccc(O)cc1)C(=O)N[C@@H](CCCCNC(=O)[C@H](CO)NC(=O)[C@@H](CCCN=C(N)N)NC(=O)[C@H](CC(=O)O)NC(=O)CCCN1CCCN(CC(=O)O)CCN(CC(=O)O)CCCN(CC(=O)O)CC1)C(N)=O. The Bertz CT molecular complexity index is 3460. The number of amides is 11. The van der Waals surface area contributed by atoms with Crippen LogP contribution in [0.3, 0.4) is 0 Å². The molecule has 0 spiro atoms. The van der Waals surface area contributed by atoms with Crippen molar-refractivity contribution in [3.05, 3.63) is 65.7 Å². The van der Waals surface area contributed by atoms with Gasteiger partial charge in [-0.1, -0.05) is 95.8 Å². The van der Waals surface area contributed by atoms with E-state index < -0.39 is 150 Å². The Morgan fingerprint density at radius 3 is 1.37 bits per heavy atom. The molecule has 3 rings (SSSR count). The van der Waals surface area contributed by atoms with E-state index in [0.29, 0.717) is 88.8 Å². The summed E-state index contributed by atoms with van der Waals surface area (Å²) < 4.78 is 0. The number of nitrogens with one attached hydrogen (secondary N) is 10. The van der Waals surface area contributed by atoms with Gasteiger partial charge in [-0.25, -0.2) is 0 Å². The number of phenols is 1. The number of aliphatic hydroxyl groups excluding tert-OH is 1. The standard InChI is InChI=1S/C76H122N18O21/c1-5-7-20-54(82-48-96)69(109)87-57(40-49(3)4)72(112)89-58(41-50-18-10-9-11-19-50)74(114)85-55(21-8-6-2)70(110)88-59(42-51-25-27-52(97)28-26-51)73(113)84-53(67(77)107)22-12-13-29-80-68(108)61(47-95)90-71(111)56(23-14-30-81-76(78)79)86-75(115)60(43-63(99)100)83-62(98)24-15-31-91-32-16-33-93(45-65(103)104)38-39-94(46-66(105)106)35-17-34-92(37-36-91)44-64(101)102/h9-11,18-19,25-28,48-49,53-61,95,97H,5-8,12-17,20-24,29-47H2,1-4H3,(H2,77,107)(H,80,108)(H,82,96)(H,83,98)(H,84,113)(H,85,114)(H,86,115)(H,87,109)(H,88,110)(H,89,112)(H,90,111)(H,99,100)(H,101,102)(H,103,104)(H,105,106)(H4,78,79,81)/t53-,54-,55-,56+,57-,58-,59-,60-,61-/m0/s1. The molecule has 0 aliphatic carbocycles. The summed E-state index contributed by atoms with van der Waals surface area (Å²) in [5.74, 6) is -13.7. The number of carboxylic acid groups (broad SMARTS) is 4. The third-order valence-electron chi connectivity index (χ3n) is 18.8. The van der Waals surface area contributed by atoms with Gasteiger partial charge in [-0.2, -0.15) is 0 Å². The molecule has 1 aliphatic heterocycles. The Kier molecular flexibility index (Phi) is 47.1. The highest BCUT2D eigenvalue weighted by Gasteiger charge is 2.36. The maximum Gasteiger partial charge on any atom is 0.317 e. The zero-order valence-electron chi connectivity index (χ0n) is 66.4. The number of aliphatic imine (C=N–C) groups is 1. The number of carboxylic acids is 4. The van der Waals surface area contributed by atoms with E-state index >= 15 is 0 Å². The summed E-state index contributed by atoms with van der Waals surface area (Å²) in [4.78, 5) is 209. The molecular formula is C76H122N18O21. The monoisotopic (exact) mass is 1620 g/mol. The summed E-state index contributed by atoms with van der Waals surface area (Å²) in [6.45, 7) is 8.05. The van der Waals surface area contributed by atoms with E-state index in [2.05, 4.69) is 58.2 Å². The van der Waals surface area contributed by atoms with E-state index in [9.17, 15) is 103 Å². The van der Waals surface area contributed by atoms with Crippen LogP contribution >= 0.6 is 0 Å². The van der Waals surface area contributed by atoms with E-state index in [1.807, 2.05) is 32.6 Å². The van der Waals surface area contributed by atoms with Crippen LogP contribution in [0.5, 0.6) is 5.75 Å². The van der Waals surface area contributed by atoms with Gasteiger partial charge in [-0.05, 0) is 113 Å². The van der Waals surface area contributed by atoms with Gasteiger partial charge in [0.2, 0.25) is 65.5 Å². The minimum atomic E-state index is -1.75. The Morgan fingerprint density at radius 2 is 0.887 bits per heavy atom. The van der Waals surface area contributed by atoms with Gasteiger partial charge in [-0.3, -0.25) is 91.6 Å². The van der Waals surface area contributed by atoms with Gasteiger partial charge in [0.25, 0.3) is 0 Å². The van der Waals surface area contributed by atoms with Gasteiger partial charge in [0.05, 0.1) is 32.7 Å². The molecule has 2 aromatic rings. The van der Waals surface area contributed by atoms with E-state index in [1.54, 1.807) is 45.0 Å². The number of hydrogen-bond acceptors (Lipinski definition) is 22. The first-order chi connectivity index (χ1) is 54.7. The van der Waals surface area contributed by atoms with Crippen molar-refractivity contribution in [3.63, 3.8) is 0 Å². The fraction of sp³-hybridized carbons (Fsp3) is 0.632. The number of aliphatic hydroxyl groups is 1. The van der Waals surface area contributed by atoms with Crippen LogP contribution < -0.4 is 70.4 Å². The first-order valence-electron chi connectivity index (χ1n) is 39.2. The van der Waals surface area contributed by atoms with Crippen molar-refractivity contribution >= 4 is 95.3 Å². The number of carbonyl (C=O) groups is 15. The number of unbranched alkanes of at least 4 members (excludes halogenated alkanes) is 3. The quantitative estimate of drug-likeness (QED) is 0.0135. The van der Waals surface area contributed by atoms with Crippen LogP contribution in [-0.4, -0.2) is 298 Å². The molecule has 1 heterocycles. The number of benzene rings is 2. The molecule has 115 heavy (non-hydrogen) atoms. The van der Waals surface area contributed by atoms with Crippen LogP contribution in [-0.2, 0) is 84.8 Å². The molecule has 1 aliphatic rings. The van der Waals surface area contributed by atoms with Crippen molar-refractivity contribution < 1.29 is 103 Å². The van der Waals surface area contributed by atoms with Crippen LogP contribution in [0, 0.1) is 5.92 Å². The van der Waals surface area contributed by atoms with Crippen molar-refractivity contribution in [2.75, 3.05) is 98.2 Å². The normalized spacial score (nSPS) is 15.7. The van der Waals surface area contributed by atoms with Gasteiger partial charge in [0.15, 0.2) is 5.96 Å². The van der Waals surface area contributed by atoms with Gasteiger partial charge in [0, 0.05) is 78.2 Å². The summed E-state index contributed by atoms with van der Waals surface area (Å²) >= 11 is 0. The predicted octanol–water partition coefficient (Wildman–Crippen LogP) is -3.07. The molecule has 1 saturated heterocycles. The number of guanidine groups is 1. The molecule has 0 unspecified atom stereocenters. The predicted molar refractivity (Wildman–Crippen MR) is 421 cm³/mol. The third kappa shape index (κ3) is 41.8. The van der Waals surface area contributed by atoms with Crippen LogP contribution in [0.2, 0.25) is 0 Å². The molecule has 0 aromatic heterocycles. The Hall–Kier alpha value is -10.6. The number of aliphatic carboxylic acids is 4. The molecule has 0 radical (unpaired) electrons. The number of aromatic hydroxyl groups is 1. The fourth-order valence-corrected chi connectivity index (χ4v) is 12.7. The maximum absolute atomic E-state index is 14.6. The van der Waals surface area contributed by atoms with Crippen molar-refractivity contribution in [2.24, 2.45) is 28.1 Å². The Labute approximate surface area is 669 Å². The molecule has 9 atom stereocenters. The van der Waals surface area contributed by atoms with Crippen molar-refractivity contribution in [3.8, 4) is 5.75 Å². The molecule has 1 fully saturated rings. The highest BCUT2D eigenvalue weighted by molar-refractivity contribution is 5.98. The van der Waals surface area contributed by atoms with E-state index in [1.165, 1.54) is 24.3 Å². The average molecular weight is 1620 g/mol. The third-order valence-corrected chi connectivity index (χ3v) is 18.8. The van der Waals surface area contributed by atoms with Crippen molar-refractivity contribution in [2.45, 2.75) is 204 Å². The average Bonchev–Trinajstić information content (AvgIpc) is 1.01. The number of rotatable bonds is 53. The number of nitrogens with zero attached hydrogens (tertiary/aromatic N) is 5. The summed E-state index contributed by atoms with van der Waals surface area (Å²) in [6.07, 6.45) is 2.76. The Morgan fingerprint density at radius 1 is 0.461 bits per heavy atom. The summed E-state index contributed by atoms with van der Waals surface area (Å²) in [6, 6.07) is 2.03. The molecule has 2 aromatic carbocycles. The molecule has 642 valence electrons. The van der Waals surface area contributed by atoms with Crippen molar-refractivity contribution in [1.29, 1.82) is 0 Å². The molecular weight excluding hydrogens is 1500 g/mol. The van der Waals surface area contributed by atoms with Crippen LogP contribution in [0.4, 0.5) is 0 Å². The molecule has 39 nitrogen and oxygen atoms in total. The zero-order chi connectivity index (χ0) is 85.4. The molecule has 22 N–H and O–H groups in total. The number of primary amides is 1. The molecule has 11 amide bonds. The van der Waals surface area contributed by atoms with Gasteiger partial charge in [-0.15, -0.1) is 0 Å². The second kappa shape index (κ2) is 55.0. The molecule has 0 bridgehead atoms. The number of phenolic OH excluding ortho intramolecular Hbond substituents is 1. The lowest BCUT2D eigenvalue weighted by Gasteiger charge is -2.30. The first kappa shape index (κ1) is 98.6. The Balaban J connectivity index is 1.75. The lowest BCUT2D eigenvalue weighted by molar-refractivity contribution is -0.141. The molecule has 0 saturated carbocycles. The maximum atomic E-state index is 14.6. The number of carbonyl (C=O) groups excluding carboxylic acids is 11. The fourth-order valence-electron chi connectivity index (χ4n) is 12.7. The lowest BCUT2D eigenvalue weighted by atomic mass is 9.99. The van der Waals surface area contributed by atoms with E-state index in [0.717, 1.165) is 6.42 Å². The number of hydrogen-bond donors (Lipinski definition) is 19. The smallest absolute Gasteiger partial charge is 0.317 e. The second-order valence-electron chi connectivity index (χ2n) is 28.9. The molecule has 39 heteroatoms. The van der Waals surface area contributed by atoms with Gasteiger partial charge in [0.1, 0.15) is 60.1 Å². The van der Waals surface area contributed by atoms with E-state index in [-0.39, 0.29) is 147 Å². The summed E-state index contributed by atoms with van der Waals surface area (Å²) in [7, 11) is 0. The van der Waals surface area contributed by atoms with Crippen LogP contribution in [0.25, 0.3) is 0 Å². The van der Waals surface area contributed by atoms with Crippen LogP contribution in [0.1, 0.15) is 148 Å². The second-order valence-corrected chi connectivity index (χ2v) is 28.9. The lowest BCUT2D eigenvalue weighted by Crippen LogP contribution is -2.60. The first-order valence-corrected chi connectivity index (χ1v) is 39.2. The van der Waals surface area contributed by atoms with Gasteiger partial charge < -0.3 is 106 Å². The summed E-state index contributed by atoms with van der Waals surface area (Å²) in [5.41, 5.74) is 17.9. The highest BCUT2D eigenvalue weighted by Crippen LogP contribution is 2.16. The van der Waals surface area contributed by atoms with Gasteiger partial charge >= 0.3 is 23.9 Å². The highest BCUT2D eigenvalue weighted by atomic mass is 16.4. The van der Waals surface area contributed by atoms with Crippen LogP contribution in [0.15, 0.2) is 59.6 Å². The number of nitrogens with two attached hydrogens (primary N) is 3. The minimum Gasteiger partial charge on any atom is -0.508 e. The van der Waals surface area contributed by atoms with E-state index in [4.69, 9.17) is 17.2 Å². The largest absolute Gasteiger partial charge is 0.508 e. The van der Waals surface area contributed by atoms with Crippen molar-refractivity contribution in [1.82, 2.24) is 72.8 Å². The minimum absolute atomic E-state index is 0.0329. The topological polar surface area (TPSA) is 601 Å². The zero-order valence-corrected chi connectivity index (χ0v) is 66.4. The summed E-state index contributed by atoms with van der Waals surface area (Å²) in [5, 5.41) is 85.1.